The van der Waals surface area contributed by atoms with Crippen LogP contribution in [0.1, 0.15) is 6.92 Å². The lowest BCUT2D eigenvalue weighted by Gasteiger charge is -2.18. The van der Waals surface area contributed by atoms with Crippen molar-refractivity contribution in [2.24, 2.45) is 0 Å². The van der Waals surface area contributed by atoms with Gasteiger partial charge in [-0.05, 0) is 6.07 Å². The molecule has 1 atom stereocenters. The third kappa shape index (κ3) is 4.70. The average molecular weight is 328 g/mol. The van der Waals surface area contributed by atoms with Gasteiger partial charge in [0.25, 0.3) is 11.4 Å². The summed E-state index contributed by atoms with van der Waals surface area (Å²) in [6, 6.07) is 1.68. The van der Waals surface area contributed by atoms with E-state index in [4.69, 9.17) is 0 Å². The van der Waals surface area contributed by atoms with Crippen LogP contribution in [0.25, 0.3) is 0 Å². The highest BCUT2D eigenvalue weighted by Gasteiger charge is 2.21. The Balaban J connectivity index is 2.97. The molecule has 0 heterocycles. The van der Waals surface area contributed by atoms with Crippen molar-refractivity contribution < 1.29 is 24.5 Å². The van der Waals surface area contributed by atoms with Crippen LogP contribution in [0.4, 0.5) is 11.4 Å². The molecular weight excluding hydrogens is 318 g/mol. The fraction of sp³-hybridized carbons (Fsp3) is 0.273. The number of carboxylic acids is 1. The van der Waals surface area contributed by atoms with Crippen molar-refractivity contribution in [1.82, 2.24) is 5.32 Å². The van der Waals surface area contributed by atoms with E-state index in [0.29, 0.717) is 0 Å². The van der Waals surface area contributed by atoms with E-state index in [0.717, 1.165) is 36.9 Å². The maximum Gasteiger partial charge on any atom is 0.289 e. The van der Waals surface area contributed by atoms with Gasteiger partial charge in [0.1, 0.15) is 0 Å². The molecule has 0 bridgehead atoms. The van der Waals surface area contributed by atoms with E-state index in [1.165, 1.54) is 0 Å². The molecule has 11 heteroatoms. The topological polar surface area (TPSA) is 156 Å². The van der Waals surface area contributed by atoms with Crippen LogP contribution in [0.5, 0.6) is 0 Å². The monoisotopic (exact) mass is 328 g/mol. The Morgan fingerprint density at radius 1 is 1.27 bits per heavy atom. The van der Waals surface area contributed by atoms with Crippen LogP contribution >= 0.6 is 11.8 Å². The number of carboxylic acid groups (broad SMARTS) is 1. The summed E-state index contributed by atoms with van der Waals surface area (Å²) in [5.74, 6) is -2.35. The molecule has 0 radical (unpaired) electrons. The van der Waals surface area contributed by atoms with Gasteiger partial charge in [-0.1, -0.05) is 0 Å². The number of thioether (sulfide) groups is 1. The Kier molecular flexibility index (Phi) is 5.81. The van der Waals surface area contributed by atoms with Gasteiger partial charge in [0.15, 0.2) is 0 Å². The molecule has 10 nitrogen and oxygen atoms in total. The van der Waals surface area contributed by atoms with E-state index >= 15 is 0 Å². The highest BCUT2D eigenvalue weighted by atomic mass is 32.2. The van der Waals surface area contributed by atoms with Gasteiger partial charge in [0.05, 0.1) is 32.8 Å². The molecule has 1 aromatic rings. The van der Waals surface area contributed by atoms with E-state index in [2.05, 4.69) is 5.32 Å². The van der Waals surface area contributed by atoms with Crippen molar-refractivity contribution in [1.29, 1.82) is 0 Å². The number of non-ortho nitro benzene ring substituents is 1. The summed E-state index contributed by atoms with van der Waals surface area (Å²) < 4.78 is 0. The molecule has 0 saturated carbocycles. The van der Waals surface area contributed by atoms with Crippen LogP contribution in [0.3, 0.4) is 0 Å². The lowest BCUT2D eigenvalue weighted by atomic mass is 10.3. The summed E-state index contributed by atoms with van der Waals surface area (Å²) in [6.07, 6.45) is 0. The minimum absolute atomic E-state index is 0.0483. The lowest BCUT2D eigenvalue weighted by molar-refractivity contribution is -0.396. The first-order valence-electron chi connectivity index (χ1n) is 5.76. The standard InChI is InChI=1S/C11H11N3O7S/c1-6(15)12-8(11(16)17)5-22-10-3-2-7(13(18)19)4-9(10)14(20)21/h2-4,8H,5H2,1H3,(H,12,15)(H,16,17)/p-1/t8-/m0/s1. The predicted molar refractivity (Wildman–Crippen MR) is 73.1 cm³/mol. The molecule has 0 saturated heterocycles. The Bertz CT molecular complexity index is 634. The van der Waals surface area contributed by atoms with E-state index in [1.54, 1.807) is 0 Å². The van der Waals surface area contributed by atoms with Crippen LogP contribution < -0.4 is 10.4 Å². The van der Waals surface area contributed by atoms with Crippen molar-refractivity contribution in [3.63, 3.8) is 0 Å². The molecule has 0 unspecified atom stereocenters. The quantitative estimate of drug-likeness (QED) is 0.411. The van der Waals surface area contributed by atoms with Gasteiger partial charge in [0, 0.05) is 18.7 Å². The minimum atomic E-state index is -1.53. The zero-order valence-electron chi connectivity index (χ0n) is 11.2. The van der Waals surface area contributed by atoms with Gasteiger partial charge in [0.2, 0.25) is 5.91 Å². The molecule has 1 amide bonds. The Labute approximate surface area is 127 Å². The molecule has 0 aliphatic heterocycles. The molecule has 118 valence electrons. The van der Waals surface area contributed by atoms with Gasteiger partial charge < -0.3 is 15.2 Å². The number of rotatable bonds is 7. The van der Waals surface area contributed by atoms with Crippen molar-refractivity contribution in [2.45, 2.75) is 17.9 Å². The van der Waals surface area contributed by atoms with E-state index in [1.807, 2.05) is 0 Å². The molecule has 0 spiro atoms. The van der Waals surface area contributed by atoms with Crippen molar-refractivity contribution >= 4 is 35.0 Å². The summed E-state index contributed by atoms with van der Waals surface area (Å²) in [5, 5.41) is 34.5. The molecular formula is C11H10N3O7S-. The highest BCUT2D eigenvalue weighted by molar-refractivity contribution is 7.99. The summed E-state index contributed by atoms with van der Waals surface area (Å²) in [5.41, 5.74) is -0.964. The average Bonchev–Trinajstić information content (AvgIpc) is 2.42. The molecule has 0 fully saturated rings. The number of nitro benzene ring substituents is 2. The minimum Gasteiger partial charge on any atom is -0.548 e. The van der Waals surface area contributed by atoms with Crippen LogP contribution in [0.15, 0.2) is 23.1 Å². The molecule has 1 aromatic carbocycles. The van der Waals surface area contributed by atoms with Gasteiger partial charge in [-0.3, -0.25) is 25.0 Å². The number of hydrogen-bond acceptors (Lipinski definition) is 8. The molecule has 0 aliphatic carbocycles. The lowest BCUT2D eigenvalue weighted by Crippen LogP contribution is -2.48. The maximum absolute atomic E-state index is 10.9. The first kappa shape index (κ1) is 17.4. The third-order valence-corrected chi connectivity index (χ3v) is 3.57. The van der Waals surface area contributed by atoms with E-state index in [9.17, 15) is 34.9 Å². The summed E-state index contributed by atoms with van der Waals surface area (Å²) in [6.45, 7) is 1.12. The van der Waals surface area contributed by atoms with Gasteiger partial charge >= 0.3 is 0 Å². The summed E-state index contributed by atoms with van der Waals surface area (Å²) in [7, 11) is 0. The SMILES string of the molecule is CC(=O)N[C@@H](CSc1ccc([N+](=O)[O-])cc1[N+](=O)[O-])C(=O)[O-]. The smallest absolute Gasteiger partial charge is 0.289 e. The zero-order chi connectivity index (χ0) is 16.9. The number of nitrogens with zero attached hydrogens (tertiary/aromatic N) is 2. The highest BCUT2D eigenvalue weighted by Crippen LogP contribution is 2.32. The first-order valence-corrected chi connectivity index (χ1v) is 6.74. The Hall–Kier alpha value is -2.69. The summed E-state index contributed by atoms with van der Waals surface area (Å²) >= 11 is 0.774. The second kappa shape index (κ2) is 7.36. The van der Waals surface area contributed by atoms with E-state index < -0.39 is 39.1 Å². The molecule has 0 aliphatic rings. The number of hydrogen-bond donors (Lipinski definition) is 1. The van der Waals surface area contributed by atoms with Gasteiger partial charge in [-0.2, -0.15) is 0 Å². The van der Waals surface area contributed by atoms with Crippen molar-refractivity contribution in [3.05, 3.63) is 38.4 Å². The van der Waals surface area contributed by atoms with Crippen molar-refractivity contribution in [2.75, 3.05) is 5.75 Å². The van der Waals surface area contributed by atoms with Crippen LogP contribution in [-0.2, 0) is 9.59 Å². The van der Waals surface area contributed by atoms with E-state index in [-0.39, 0.29) is 10.6 Å². The number of carbonyl (C=O) groups is 2. The zero-order valence-corrected chi connectivity index (χ0v) is 12.0. The van der Waals surface area contributed by atoms with Crippen LogP contribution in [0.2, 0.25) is 0 Å². The molecule has 0 aromatic heterocycles. The third-order valence-electron chi connectivity index (χ3n) is 2.42. The number of nitrogens with one attached hydrogen (secondary N) is 1. The number of aliphatic carboxylic acids is 1. The van der Waals surface area contributed by atoms with Crippen LogP contribution in [0, 0.1) is 20.2 Å². The fourth-order valence-electron chi connectivity index (χ4n) is 1.47. The number of nitro groups is 2. The Morgan fingerprint density at radius 2 is 1.91 bits per heavy atom. The molecule has 1 rings (SSSR count). The van der Waals surface area contributed by atoms with Crippen molar-refractivity contribution in [3.8, 4) is 0 Å². The second-order valence-corrected chi connectivity index (χ2v) is 5.11. The van der Waals surface area contributed by atoms with Crippen LogP contribution in [-0.4, -0.2) is 33.5 Å². The second-order valence-electron chi connectivity index (χ2n) is 4.05. The fourth-order valence-corrected chi connectivity index (χ4v) is 2.48. The number of amides is 1. The molecule has 1 N–H and O–H groups in total. The molecule has 22 heavy (non-hydrogen) atoms. The number of carbonyl (C=O) groups excluding carboxylic acids is 2. The Morgan fingerprint density at radius 3 is 2.36 bits per heavy atom. The largest absolute Gasteiger partial charge is 0.548 e. The summed E-state index contributed by atoms with van der Waals surface area (Å²) in [4.78, 5) is 41.7. The number of benzene rings is 1. The maximum atomic E-state index is 10.9. The van der Waals surface area contributed by atoms with Gasteiger partial charge in [-0.25, -0.2) is 0 Å². The predicted octanol–water partition coefficient (Wildman–Crippen LogP) is -0.150. The first-order chi connectivity index (χ1) is 10.2. The van der Waals surface area contributed by atoms with Gasteiger partial charge in [-0.15, -0.1) is 11.8 Å². The normalized spacial score (nSPS) is 11.5.